The van der Waals surface area contributed by atoms with E-state index in [0.29, 0.717) is 11.9 Å². The van der Waals surface area contributed by atoms with E-state index in [4.69, 9.17) is 0 Å². The number of rotatable bonds is 2. The van der Waals surface area contributed by atoms with E-state index >= 15 is 0 Å². The highest BCUT2D eigenvalue weighted by molar-refractivity contribution is 5.36. The van der Waals surface area contributed by atoms with E-state index in [1.54, 1.807) is 12.3 Å². The Balaban J connectivity index is 1.98. The van der Waals surface area contributed by atoms with Gasteiger partial charge in [0, 0.05) is 12.2 Å². The second-order valence-electron chi connectivity index (χ2n) is 3.86. The molecule has 1 atom stereocenters. The van der Waals surface area contributed by atoms with Crippen LogP contribution in [0.1, 0.15) is 19.3 Å². The second kappa shape index (κ2) is 5.07. The minimum atomic E-state index is -0.269. The van der Waals surface area contributed by atoms with Gasteiger partial charge in [-0.25, -0.2) is 9.37 Å². The van der Waals surface area contributed by atoms with Crippen LogP contribution in [0.2, 0.25) is 0 Å². The van der Waals surface area contributed by atoms with Crippen LogP contribution in [0.5, 0.6) is 0 Å². The molecule has 15 heavy (non-hydrogen) atoms. The molecule has 2 rings (SSSR count). The standard InChI is InChI=1S/C11H16FN3/c12-10-4-2-7-14-11(10)15-9-3-1-6-13-8-5-9/h2,4,7,9,13H,1,3,5-6,8H2,(H,14,15). The molecule has 1 fully saturated rings. The van der Waals surface area contributed by atoms with Gasteiger partial charge in [-0.1, -0.05) is 0 Å². The quantitative estimate of drug-likeness (QED) is 0.779. The molecular weight excluding hydrogens is 193 g/mol. The predicted molar refractivity (Wildman–Crippen MR) is 58.3 cm³/mol. The average Bonchev–Trinajstić information content (AvgIpc) is 2.50. The smallest absolute Gasteiger partial charge is 0.165 e. The van der Waals surface area contributed by atoms with Crippen LogP contribution in [0.4, 0.5) is 10.2 Å². The Bertz CT molecular complexity index is 308. The van der Waals surface area contributed by atoms with Crippen molar-refractivity contribution in [2.45, 2.75) is 25.3 Å². The Morgan fingerprint density at radius 1 is 1.40 bits per heavy atom. The number of halogens is 1. The third-order valence-electron chi connectivity index (χ3n) is 2.68. The molecule has 0 saturated carbocycles. The molecule has 1 aliphatic rings. The van der Waals surface area contributed by atoms with Crippen molar-refractivity contribution >= 4 is 5.82 Å². The lowest BCUT2D eigenvalue weighted by Crippen LogP contribution is -2.22. The van der Waals surface area contributed by atoms with Crippen molar-refractivity contribution in [3.63, 3.8) is 0 Å². The van der Waals surface area contributed by atoms with Gasteiger partial charge in [0.2, 0.25) is 0 Å². The highest BCUT2D eigenvalue weighted by Crippen LogP contribution is 2.14. The van der Waals surface area contributed by atoms with Crippen LogP contribution in [-0.2, 0) is 0 Å². The summed E-state index contributed by atoms with van der Waals surface area (Å²) >= 11 is 0. The van der Waals surface area contributed by atoms with Gasteiger partial charge in [-0.15, -0.1) is 0 Å². The van der Waals surface area contributed by atoms with Crippen molar-refractivity contribution in [1.29, 1.82) is 0 Å². The lowest BCUT2D eigenvalue weighted by Gasteiger charge is -2.16. The van der Waals surface area contributed by atoms with E-state index in [-0.39, 0.29) is 5.82 Å². The van der Waals surface area contributed by atoms with Gasteiger partial charge in [0.15, 0.2) is 11.6 Å². The van der Waals surface area contributed by atoms with Crippen LogP contribution in [0, 0.1) is 5.82 Å². The van der Waals surface area contributed by atoms with Crippen molar-refractivity contribution in [3.8, 4) is 0 Å². The maximum Gasteiger partial charge on any atom is 0.165 e. The maximum atomic E-state index is 13.3. The average molecular weight is 209 g/mol. The van der Waals surface area contributed by atoms with Crippen LogP contribution >= 0.6 is 0 Å². The minimum absolute atomic E-state index is 0.269. The molecule has 1 aromatic rings. The zero-order valence-corrected chi connectivity index (χ0v) is 8.67. The molecule has 0 spiro atoms. The van der Waals surface area contributed by atoms with Crippen molar-refractivity contribution in [2.24, 2.45) is 0 Å². The highest BCUT2D eigenvalue weighted by atomic mass is 19.1. The monoisotopic (exact) mass is 209 g/mol. The fourth-order valence-electron chi connectivity index (χ4n) is 1.85. The van der Waals surface area contributed by atoms with Gasteiger partial charge in [-0.3, -0.25) is 0 Å². The first kappa shape index (κ1) is 10.4. The minimum Gasteiger partial charge on any atom is -0.365 e. The summed E-state index contributed by atoms with van der Waals surface area (Å²) in [5.41, 5.74) is 0. The fourth-order valence-corrected chi connectivity index (χ4v) is 1.85. The van der Waals surface area contributed by atoms with Gasteiger partial charge in [-0.2, -0.15) is 0 Å². The summed E-state index contributed by atoms with van der Waals surface area (Å²) in [5, 5.41) is 6.49. The van der Waals surface area contributed by atoms with Gasteiger partial charge < -0.3 is 10.6 Å². The molecule has 1 aromatic heterocycles. The van der Waals surface area contributed by atoms with Gasteiger partial charge >= 0.3 is 0 Å². The van der Waals surface area contributed by atoms with E-state index in [9.17, 15) is 4.39 Å². The van der Waals surface area contributed by atoms with Crippen LogP contribution in [0.15, 0.2) is 18.3 Å². The zero-order valence-electron chi connectivity index (χ0n) is 8.67. The molecule has 0 aliphatic carbocycles. The van der Waals surface area contributed by atoms with E-state index in [2.05, 4.69) is 15.6 Å². The molecule has 3 nitrogen and oxygen atoms in total. The summed E-state index contributed by atoms with van der Waals surface area (Å²) in [6.07, 6.45) is 4.84. The van der Waals surface area contributed by atoms with Crippen LogP contribution < -0.4 is 10.6 Å². The normalized spacial score (nSPS) is 22.1. The number of hydrogen-bond donors (Lipinski definition) is 2. The van der Waals surface area contributed by atoms with E-state index < -0.39 is 0 Å². The molecule has 2 heterocycles. The molecule has 0 amide bonds. The van der Waals surface area contributed by atoms with Gasteiger partial charge in [-0.05, 0) is 44.5 Å². The van der Waals surface area contributed by atoms with E-state index in [1.165, 1.54) is 6.07 Å². The summed E-state index contributed by atoms with van der Waals surface area (Å²) in [7, 11) is 0. The molecule has 1 aliphatic heterocycles. The van der Waals surface area contributed by atoms with Crippen molar-refractivity contribution in [3.05, 3.63) is 24.1 Å². The third kappa shape index (κ3) is 2.89. The summed E-state index contributed by atoms with van der Waals surface area (Å²) in [5.74, 6) is 0.110. The Morgan fingerprint density at radius 3 is 3.20 bits per heavy atom. The maximum absolute atomic E-state index is 13.3. The predicted octanol–water partition coefficient (Wildman–Crippen LogP) is 1.77. The van der Waals surface area contributed by atoms with Gasteiger partial charge in [0.05, 0.1) is 0 Å². The number of hydrogen-bond acceptors (Lipinski definition) is 3. The lowest BCUT2D eigenvalue weighted by atomic mass is 10.1. The molecule has 1 saturated heterocycles. The Labute approximate surface area is 89.1 Å². The Morgan fingerprint density at radius 2 is 2.33 bits per heavy atom. The molecule has 4 heteroatoms. The zero-order chi connectivity index (χ0) is 10.5. The molecule has 0 radical (unpaired) electrons. The molecule has 0 aromatic carbocycles. The van der Waals surface area contributed by atoms with E-state index in [1.807, 2.05) is 0 Å². The first-order chi connectivity index (χ1) is 7.36. The lowest BCUT2D eigenvalue weighted by molar-refractivity contribution is 0.599. The SMILES string of the molecule is Fc1cccnc1NC1CCCNCC1. The Kier molecular flexibility index (Phi) is 3.50. The van der Waals surface area contributed by atoms with Crippen molar-refractivity contribution in [1.82, 2.24) is 10.3 Å². The number of nitrogens with zero attached hydrogens (tertiary/aromatic N) is 1. The highest BCUT2D eigenvalue weighted by Gasteiger charge is 2.13. The fraction of sp³-hybridized carbons (Fsp3) is 0.545. The first-order valence-electron chi connectivity index (χ1n) is 5.44. The van der Waals surface area contributed by atoms with Gasteiger partial charge in [0.25, 0.3) is 0 Å². The van der Waals surface area contributed by atoms with Crippen LogP contribution in [0.3, 0.4) is 0 Å². The molecular formula is C11H16FN3. The second-order valence-corrected chi connectivity index (χ2v) is 3.86. The Hall–Kier alpha value is -1.16. The molecule has 82 valence electrons. The summed E-state index contributed by atoms with van der Waals surface area (Å²) in [6, 6.07) is 3.38. The third-order valence-corrected chi connectivity index (χ3v) is 2.68. The van der Waals surface area contributed by atoms with Gasteiger partial charge in [0.1, 0.15) is 0 Å². The van der Waals surface area contributed by atoms with Crippen molar-refractivity contribution in [2.75, 3.05) is 18.4 Å². The number of anilines is 1. The van der Waals surface area contributed by atoms with Crippen LogP contribution in [0.25, 0.3) is 0 Å². The number of nitrogens with one attached hydrogen (secondary N) is 2. The summed E-state index contributed by atoms with van der Waals surface area (Å²) in [4.78, 5) is 4.00. The summed E-state index contributed by atoms with van der Waals surface area (Å²) in [6.45, 7) is 2.05. The van der Waals surface area contributed by atoms with Crippen molar-refractivity contribution < 1.29 is 4.39 Å². The molecule has 2 N–H and O–H groups in total. The molecule has 1 unspecified atom stereocenters. The van der Waals surface area contributed by atoms with E-state index in [0.717, 1.165) is 32.4 Å². The summed E-state index contributed by atoms with van der Waals surface area (Å²) < 4.78 is 13.3. The first-order valence-corrected chi connectivity index (χ1v) is 5.44. The molecule has 0 bridgehead atoms. The largest absolute Gasteiger partial charge is 0.365 e. The number of aromatic nitrogens is 1. The topological polar surface area (TPSA) is 37.0 Å². The van der Waals surface area contributed by atoms with Crippen LogP contribution in [-0.4, -0.2) is 24.1 Å². The number of pyridine rings is 1.